The molecule has 2 heterocycles. The smallest absolute Gasteiger partial charge is 0.272 e. The number of methoxy groups -OCH3 is 2. The standard InChI is InChI=1S/C21H26N2O3/c1-14(2)17-5-6-18(22-13-17)21(24)23-9-7-15-11-19(25-3)20(26-4)12-16(15)8-10-23/h5-6,11-14H,7-10H2,1-4H3. The summed E-state index contributed by atoms with van der Waals surface area (Å²) in [5.41, 5.74) is 4.07. The van der Waals surface area contributed by atoms with Crippen LogP contribution in [-0.2, 0) is 12.8 Å². The molecule has 0 unspecified atom stereocenters. The molecular formula is C21H26N2O3. The van der Waals surface area contributed by atoms with Crippen LogP contribution in [0.1, 0.15) is 46.9 Å². The number of aromatic nitrogens is 1. The number of rotatable bonds is 4. The molecule has 1 amide bonds. The van der Waals surface area contributed by atoms with Crippen LogP contribution in [0.15, 0.2) is 30.5 Å². The summed E-state index contributed by atoms with van der Waals surface area (Å²) in [5, 5.41) is 0. The number of hydrogen-bond donors (Lipinski definition) is 0. The van der Waals surface area contributed by atoms with Crippen molar-refractivity contribution in [2.45, 2.75) is 32.6 Å². The van der Waals surface area contributed by atoms with Crippen molar-refractivity contribution in [2.75, 3.05) is 27.3 Å². The topological polar surface area (TPSA) is 51.7 Å². The van der Waals surface area contributed by atoms with E-state index in [4.69, 9.17) is 9.47 Å². The maximum Gasteiger partial charge on any atom is 0.272 e. The van der Waals surface area contributed by atoms with Crippen LogP contribution >= 0.6 is 0 Å². The number of carbonyl (C=O) groups excluding carboxylic acids is 1. The van der Waals surface area contributed by atoms with Gasteiger partial charge in [0, 0.05) is 19.3 Å². The molecule has 0 fully saturated rings. The van der Waals surface area contributed by atoms with E-state index in [9.17, 15) is 4.79 Å². The molecular weight excluding hydrogens is 328 g/mol. The number of hydrogen-bond acceptors (Lipinski definition) is 4. The van der Waals surface area contributed by atoms with E-state index in [1.807, 2.05) is 29.2 Å². The minimum absolute atomic E-state index is 0.00737. The Labute approximate surface area is 155 Å². The van der Waals surface area contributed by atoms with Gasteiger partial charge in [0.2, 0.25) is 0 Å². The maximum absolute atomic E-state index is 12.8. The molecule has 0 saturated carbocycles. The minimum atomic E-state index is -0.00737. The summed E-state index contributed by atoms with van der Waals surface area (Å²) in [6.45, 7) is 5.59. The van der Waals surface area contributed by atoms with Crippen LogP contribution in [0, 0.1) is 0 Å². The summed E-state index contributed by atoms with van der Waals surface area (Å²) in [6.07, 6.45) is 3.40. The fourth-order valence-corrected chi connectivity index (χ4v) is 3.29. The molecule has 1 aromatic heterocycles. The molecule has 5 nitrogen and oxygen atoms in total. The van der Waals surface area contributed by atoms with E-state index in [2.05, 4.69) is 18.8 Å². The van der Waals surface area contributed by atoms with Crippen LogP contribution in [0.5, 0.6) is 11.5 Å². The van der Waals surface area contributed by atoms with Crippen LogP contribution in [0.3, 0.4) is 0 Å². The Morgan fingerprint density at radius 3 is 2.04 bits per heavy atom. The second-order valence-electron chi connectivity index (χ2n) is 6.90. The Balaban J connectivity index is 1.77. The second kappa shape index (κ2) is 7.77. The van der Waals surface area contributed by atoms with Crippen LogP contribution in [0.4, 0.5) is 0 Å². The summed E-state index contributed by atoms with van der Waals surface area (Å²) < 4.78 is 10.8. The second-order valence-corrected chi connectivity index (χ2v) is 6.90. The van der Waals surface area contributed by atoms with Gasteiger partial charge in [-0.25, -0.2) is 0 Å². The van der Waals surface area contributed by atoms with E-state index in [-0.39, 0.29) is 5.91 Å². The van der Waals surface area contributed by atoms with E-state index in [0.29, 0.717) is 24.7 Å². The van der Waals surface area contributed by atoms with Crippen molar-refractivity contribution in [3.8, 4) is 11.5 Å². The predicted molar refractivity (Wildman–Crippen MR) is 101 cm³/mol. The zero-order chi connectivity index (χ0) is 18.7. The van der Waals surface area contributed by atoms with Gasteiger partial charge in [-0.1, -0.05) is 19.9 Å². The van der Waals surface area contributed by atoms with Gasteiger partial charge in [-0.3, -0.25) is 9.78 Å². The van der Waals surface area contributed by atoms with Gasteiger partial charge in [-0.05, 0) is 53.6 Å². The zero-order valence-corrected chi connectivity index (χ0v) is 15.9. The van der Waals surface area contributed by atoms with Crippen molar-refractivity contribution in [3.63, 3.8) is 0 Å². The molecule has 0 spiro atoms. The largest absolute Gasteiger partial charge is 0.493 e. The highest BCUT2D eigenvalue weighted by atomic mass is 16.5. The molecule has 1 aliphatic heterocycles. The van der Waals surface area contributed by atoms with Crippen LogP contribution in [0.2, 0.25) is 0 Å². The van der Waals surface area contributed by atoms with E-state index in [0.717, 1.165) is 29.9 Å². The average Bonchev–Trinajstić information content (AvgIpc) is 2.88. The molecule has 5 heteroatoms. The van der Waals surface area contributed by atoms with Gasteiger partial charge in [0.25, 0.3) is 5.91 Å². The molecule has 1 aliphatic rings. The molecule has 0 bridgehead atoms. The number of fused-ring (bicyclic) bond motifs is 1. The highest BCUT2D eigenvalue weighted by Crippen LogP contribution is 2.32. The van der Waals surface area contributed by atoms with Crippen molar-refractivity contribution in [1.82, 2.24) is 9.88 Å². The molecule has 2 aromatic rings. The van der Waals surface area contributed by atoms with Gasteiger partial charge in [0.1, 0.15) is 5.69 Å². The lowest BCUT2D eigenvalue weighted by Crippen LogP contribution is -2.33. The van der Waals surface area contributed by atoms with Gasteiger partial charge in [-0.15, -0.1) is 0 Å². The van der Waals surface area contributed by atoms with E-state index >= 15 is 0 Å². The van der Waals surface area contributed by atoms with Crippen molar-refractivity contribution in [2.24, 2.45) is 0 Å². The SMILES string of the molecule is COc1cc2c(cc1OC)CCN(C(=O)c1ccc(C(C)C)cn1)CC2. The first-order chi connectivity index (χ1) is 12.5. The Morgan fingerprint density at radius 1 is 1.04 bits per heavy atom. The third-order valence-electron chi connectivity index (χ3n) is 4.97. The number of nitrogens with zero attached hydrogens (tertiary/aromatic N) is 2. The lowest BCUT2D eigenvalue weighted by Gasteiger charge is -2.20. The first kappa shape index (κ1) is 18.2. The zero-order valence-electron chi connectivity index (χ0n) is 15.9. The maximum atomic E-state index is 12.8. The van der Waals surface area contributed by atoms with E-state index in [1.54, 1.807) is 20.4 Å². The van der Waals surface area contributed by atoms with E-state index < -0.39 is 0 Å². The van der Waals surface area contributed by atoms with Gasteiger partial charge < -0.3 is 14.4 Å². The molecule has 138 valence electrons. The van der Waals surface area contributed by atoms with Gasteiger partial charge in [0.05, 0.1) is 14.2 Å². The predicted octanol–water partition coefficient (Wildman–Crippen LogP) is 3.46. The van der Waals surface area contributed by atoms with Crippen molar-refractivity contribution in [1.29, 1.82) is 0 Å². The molecule has 0 saturated heterocycles. The van der Waals surface area contributed by atoms with E-state index in [1.165, 1.54) is 11.1 Å². The minimum Gasteiger partial charge on any atom is -0.493 e. The van der Waals surface area contributed by atoms with Crippen LogP contribution < -0.4 is 9.47 Å². The lowest BCUT2D eigenvalue weighted by atomic mass is 10.0. The Morgan fingerprint density at radius 2 is 1.62 bits per heavy atom. The molecule has 26 heavy (non-hydrogen) atoms. The normalized spacial score (nSPS) is 14.0. The first-order valence-electron chi connectivity index (χ1n) is 9.02. The first-order valence-corrected chi connectivity index (χ1v) is 9.02. The number of ether oxygens (including phenoxy) is 2. The molecule has 3 rings (SSSR count). The number of pyridine rings is 1. The Hall–Kier alpha value is -2.56. The third-order valence-corrected chi connectivity index (χ3v) is 4.97. The van der Waals surface area contributed by atoms with Gasteiger partial charge >= 0.3 is 0 Å². The third kappa shape index (κ3) is 3.66. The lowest BCUT2D eigenvalue weighted by molar-refractivity contribution is 0.0757. The quantitative estimate of drug-likeness (QED) is 0.844. The summed E-state index contributed by atoms with van der Waals surface area (Å²) in [4.78, 5) is 19.1. The monoisotopic (exact) mass is 354 g/mol. The molecule has 0 radical (unpaired) electrons. The Kier molecular flexibility index (Phi) is 5.45. The van der Waals surface area contributed by atoms with Gasteiger partial charge in [-0.2, -0.15) is 0 Å². The van der Waals surface area contributed by atoms with Crippen LogP contribution in [0.25, 0.3) is 0 Å². The summed E-state index contributed by atoms with van der Waals surface area (Å²) in [5.74, 6) is 1.87. The summed E-state index contributed by atoms with van der Waals surface area (Å²) in [7, 11) is 3.28. The molecule has 0 N–H and O–H groups in total. The number of amides is 1. The number of benzene rings is 1. The highest BCUT2D eigenvalue weighted by Gasteiger charge is 2.22. The summed E-state index contributed by atoms with van der Waals surface area (Å²) in [6, 6.07) is 7.88. The van der Waals surface area contributed by atoms with Crippen molar-refractivity contribution < 1.29 is 14.3 Å². The Bertz CT molecular complexity index is 750. The highest BCUT2D eigenvalue weighted by molar-refractivity contribution is 5.92. The number of carbonyl (C=O) groups is 1. The van der Waals surface area contributed by atoms with Gasteiger partial charge in [0.15, 0.2) is 11.5 Å². The summed E-state index contributed by atoms with van der Waals surface area (Å²) >= 11 is 0. The van der Waals surface area contributed by atoms with Crippen LogP contribution in [-0.4, -0.2) is 43.1 Å². The molecule has 1 aromatic carbocycles. The fraction of sp³-hybridized carbons (Fsp3) is 0.429. The molecule has 0 aliphatic carbocycles. The van der Waals surface area contributed by atoms with Crippen molar-refractivity contribution in [3.05, 3.63) is 52.8 Å². The average molecular weight is 354 g/mol. The molecule has 0 atom stereocenters. The van der Waals surface area contributed by atoms with Crippen molar-refractivity contribution >= 4 is 5.91 Å². The fourth-order valence-electron chi connectivity index (χ4n) is 3.29.